The number of hydrogen-bond acceptors (Lipinski definition) is 7. The van der Waals surface area contributed by atoms with Crippen LogP contribution in [-0.2, 0) is 31.3 Å². The summed E-state index contributed by atoms with van der Waals surface area (Å²) in [5, 5.41) is 21.6. The van der Waals surface area contributed by atoms with Crippen LogP contribution in [-0.4, -0.2) is 72.9 Å². The SMILES string of the molecule is C[C@H]1[C@H]([Si](C)(C)F)[C@@H](CC(=O)N2CCC[C@H]2CO)O[C@]12C(=O)N(Cc1ccc(N3CCCC3=O)cc1)c1ccc([N+](=O)[O-])cc12. The second-order valence-electron chi connectivity index (χ2n) is 13.2. The molecule has 0 aliphatic carbocycles. The van der Waals surface area contributed by atoms with E-state index < -0.39 is 42.4 Å². The molecule has 240 valence electrons. The van der Waals surface area contributed by atoms with Gasteiger partial charge < -0.3 is 28.7 Å². The smallest absolute Gasteiger partial charge is 0.269 e. The van der Waals surface area contributed by atoms with Gasteiger partial charge in [0.05, 0.1) is 42.3 Å². The second-order valence-corrected chi connectivity index (χ2v) is 17.0. The molecule has 6 rings (SSSR count). The number of nitro benzene ring substituents is 1. The molecule has 4 heterocycles. The van der Waals surface area contributed by atoms with Crippen molar-refractivity contribution in [1.29, 1.82) is 0 Å². The van der Waals surface area contributed by atoms with Crippen LogP contribution in [0.5, 0.6) is 0 Å². The lowest BCUT2D eigenvalue weighted by Crippen LogP contribution is -2.45. The number of fused-ring (bicyclic) bond motifs is 2. The van der Waals surface area contributed by atoms with E-state index in [4.69, 9.17) is 4.74 Å². The van der Waals surface area contributed by atoms with Crippen LogP contribution in [0.2, 0.25) is 18.6 Å². The van der Waals surface area contributed by atoms with Crippen molar-refractivity contribution in [1.82, 2.24) is 4.90 Å². The molecule has 2 aromatic carbocycles. The van der Waals surface area contributed by atoms with Crippen LogP contribution in [0.4, 0.5) is 21.2 Å². The van der Waals surface area contributed by atoms with E-state index in [9.17, 15) is 29.6 Å². The van der Waals surface area contributed by atoms with Crippen molar-refractivity contribution in [3.8, 4) is 0 Å². The van der Waals surface area contributed by atoms with Crippen molar-refractivity contribution < 1.29 is 33.3 Å². The van der Waals surface area contributed by atoms with E-state index in [0.29, 0.717) is 37.2 Å². The summed E-state index contributed by atoms with van der Waals surface area (Å²) >= 11 is 0. The topological polar surface area (TPSA) is 134 Å². The molecule has 5 atom stereocenters. The number of nitrogens with zero attached hydrogens (tertiary/aromatic N) is 4. The van der Waals surface area contributed by atoms with Gasteiger partial charge in [0, 0.05) is 54.4 Å². The molecule has 4 aliphatic heterocycles. The highest BCUT2D eigenvalue weighted by atomic mass is 28.4. The summed E-state index contributed by atoms with van der Waals surface area (Å²) in [6, 6.07) is 11.3. The first-order chi connectivity index (χ1) is 21.4. The Morgan fingerprint density at radius 3 is 2.51 bits per heavy atom. The first-order valence-electron chi connectivity index (χ1n) is 15.6. The number of nitro groups is 1. The van der Waals surface area contributed by atoms with Gasteiger partial charge in [-0.05, 0) is 56.1 Å². The Bertz CT molecular complexity index is 1530. The minimum absolute atomic E-state index is 0.0702. The number of likely N-dealkylation sites (tertiary alicyclic amines) is 1. The van der Waals surface area contributed by atoms with Crippen LogP contribution >= 0.6 is 0 Å². The van der Waals surface area contributed by atoms with E-state index in [1.165, 1.54) is 23.1 Å². The van der Waals surface area contributed by atoms with Gasteiger partial charge in [0.2, 0.25) is 20.2 Å². The molecule has 3 saturated heterocycles. The van der Waals surface area contributed by atoms with Crippen molar-refractivity contribution >= 4 is 43.2 Å². The average molecular weight is 639 g/mol. The van der Waals surface area contributed by atoms with E-state index >= 15 is 4.11 Å². The Kier molecular flexibility index (Phi) is 8.07. The van der Waals surface area contributed by atoms with Crippen molar-refractivity contribution in [3.05, 3.63) is 63.7 Å². The summed E-state index contributed by atoms with van der Waals surface area (Å²) in [7, 11) is -3.56. The zero-order valence-corrected chi connectivity index (χ0v) is 26.8. The second kappa shape index (κ2) is 11.6. The predicted octanol–water partition coefficient (Wildman–Crippen LogP) is 4.42. The first-order valence-corrected chi connectivity index (χ1v) is 18.6. The van der Waals surface area contributed by atoms with Crippen molar-refractivity contribution in [2.45, 2.75) is 82.0 Å². The Hall–Kier alpha value is -3.68. The lowest BCUT2D eigenvalue weighted by Gasteiger charge is -2.31. The minimum Gasteiger partial charge on any atom is -0.394 e. The van der Waals surface area contributed by atoms with Crippen LogP contribution < -0.4 is 9.80 Å². The standard InChI is InChI=1S/C32H39FN4O7Si/c1-20-30(45(2,3)33)27(17-29(40)35-14-4-6-24(35)19-38)44-32(20)25-16-23(37(42)43)12-13-26(25)36(31(32)41)18-21-8-10-22(11-9-21)34-15-5-7-28(34)39/h8-13,16,20,24,27,30,38H,4-7,14-15,17-19H2,1-3H3/t20-,24-,27+,30-,32+/m0/s1. The van der Waals surface area contributed by atoms with Gasteiger partial charge in [0.1, 0.15) is 0 Å². The molecule has 4 aliphatic rings. The van der Waals surface area contributed by atoms with E-state index in [-0.39, 0.29) is 43.1 Å². The number of carbonyl (C=O) groups excluding carboxylic acids is 3. The van der Waals surface area contributed by atoms with Gasteiger partial charge in [-0.15, -0.1) is 0 Å². The molecule has 0 saturated carbocycles. The lowest BCUT2D eigenvalue weighted by atomic mass is 9.82. The zero-order chi connectivity index (χ0) is 32.3. The third-order valence-corrected chi connectivity index (χ3v) is 12.6. The highest BCUT2D eigenvalue weighted by Crippen LogP contribution is 2.60. The van der Waals surface area contributed by atoms with Gasteiger partial charge in [-0.2, -0.15) is 0 Å². The average Bonchev–Trinajstić information content (AvgIpc) is 3.76. The number of hydrogen-bond donors (Lipinski definition) is 1. The minimum atomic E-state index is -3.56. The number of benzene rings is 2. The molecule has 3 amide bonds. The van der Waals surface area contributed by atoms with E-state index in [1.54, 1.807) is 29.8 Å². The maximum absolute atomic E-state index is 16.2. The van der Waals surface area contributed by atoms with Crippen LogP contribution in [0.15, 0.2) is 42.5 Å². The van der Waals surface area contributed by atoms with Crippen molar-refractivity contribution in [3.63, 3.8) is 0 Å². The van der Waals surface area contributed by atoms with Crippen molar-refractivity contribution in [2.24, 2.45) is 5.92 Å². The third-order valence-electron chi connectivity index (χ3n) is 10.1. The summed E-state index contributed by atoms with van der Waals surface area (Å²) < 4.78 is 22.8. The molecular weight excluding hydrogens is 599 g/mol. The molecule has 0 bridgehead atoms. The number of halogens is 1. The van der Waals surface area contributed by atoms with Gasteiger partial charge in [0.15, 0.2) is 5.60 Å². The van der Waals surface area contributed by atoms with Crippen molar-refractivity contribution in [2.75, 3.05) is 29.5 Å². The van der Waals surface area contributed by atoms with Crippen LogP contribution in [0, 0.1) is 16.0 Å². The zero-order valence-electron chi connectivity index (χ0n) is 25.8. The van der Waals surface area contributed by atoms with Crippen LogP contribution in [0.3, 0.4) is 0 Å². The quantitative estimate of drug-likeness (QED) is 0.196. The monoisotopic (exact) mass is 638 g/mol. The molecule has 45 heavy (non-hydrogen) atoms. The highest BCUT2D eigenvalue weighted by molar-refractivity contribution is 6.72. The summed E-state index contributed by atoms with van der Waals surface area (Å²) in [5.74, 6) is -1.35. The van der Waals surface area contributed by atoms with Gasteiger partial charge in [0.25, 0.3) is 11.6 Å². The molecule has 1 N–H and O–H groups in total. The third kappa shape index (κ3) is 5.24. The maximum Gasteiger partial charge on any atom is 0.269 e. The summed E-state index contributed by atoms with van der Waals surface area (Å²) in [6.07, 6.45) is 1.68. The number of ether oxygens (including phenoxy) is 1. The largest absolute Gasteiger partial charge is 0.394 e. The number of anilines is 2. The van der Waals surface area contributed by atoms with Gasteiger partial charge in [-0.1, -0.05) is 19.1 Å². The molecule has 2 aromatic rings. The summed E-state index contributed by atoms with van der Waals surface area (Å²) in [5.41, 5.74) is -0.365. The molecule has 1 spiro atoms. The molecule has 0 radical (unpaired) electrons. The van der Waals surface area contributed by atoms with E-state index in [1.807, 2.05) is 24.3 Å². The van der Waals surface area contributed by atoms with Gasteiger partial charge in [-0.3, -0.25) is 24.5 Å². The fourth-order valence-electron chi connectivity index (χ4n) is 8.03. The summed E-state index contributed by atoms with van der Waals surface area (Å²) in [6.45, 7) is 5.95. The molecule has 0 aromatic heterocycles. The summed E-state index contributed by atoms with van der Waals surface area (Å²) in [4.78, 5) is 56.5. The Balaban J connectivity index is 1.36. The first kappa shape index (κ1) is 31.3. The Labute approximate surface area is 262 Å². The number of rotatable bonds is 8. The number of aliphatic hydroxyl groups excluding tert-OH is 1. The molecule has 11 nitrogen and oxygen atoms in total. The lowest BCUT2D eigenvalue weighted by molar-refractivity contribution is -0.385. The molecular formula is C32H39FN4O7Si. The maximum atomic E-state index is 16.2. The number of carbonyl (C=O) groups is 3. The molecule has 0 unspecified atom stereocenters. The molecule has 3 fully saturated rings. The van der Waals surface area contributed by atoms with Gasteiger partial charge >= 0.3 is 0 Å². The van der Waals surface area contributed by atoms with E-state index in [0.717, 1.165) is 24.1 Å². The number of non-ortho nitro benzene ring substituents is 1. The fraction of sp³-hybridized carbons (Fsp3) is 0.531. The normalized spacial score (nSPS) is 28.1. The number of amides is 3. The van der Waals surface area contributed by atoms with Crippen LogP contribution in [0.1, 0.15) is 50.2 Å². The Morgan fingerprint density at radius 1 is 1.16 bits per heavy atom. The van der Waals surface area contributed by atoms with Crippen LogP contribution in [0.25, 0.3) is 0 Å². The highest BCUT2D eigenvalue weighted by Gasteiger charge is 2.67. The van der Waals surface area contributed by atoms with Gasteiger partial charge in [-0.25, -0.2) is 0 Å². The Morgan fingerprint density at radius 2 is 1.89 bits per heavy atom. The number of aliphatic hydroxyl groups is 1. The molecule has 13 heteroatoms. The fourth-order valence-corrected chi connectivity index (χ4v) is 10.5. The predicted molar refractivity (Wildman–Crippen MR) is 167 cm³/mol. The van der Waals surface area contributed by atoms with E-state index in [2.05, 4.69) is 0 Å².